The lowest BCUT2D eigenvalue weighted by molar-refractivity contribution is -0.121. The number of alkyl halides is 1. The first-order valence-electron chi connectivity index (χ1n) is 7.02. The van der Waals surface area contributed by atoms with Gasteiger partial charge in [-0.15, -0.1) is 0 Å². The van der Waals surface area contributed by atoms with Crippen molar-refractivity contribution >= 4 is 21.8 Å². The summed E-state index contributed by atoms with van der Waals surface area (Å²) in [6.07, 6.45) is 0.142. The molecule has 1 amide bonds. The lowest BCUT2D eigenvalue weighted by Crippen LogP contribution is -2.35. The predicted molar refractivity (Wildman–Crippen MR) is 86.3 cm³/mol. The van der Waals surface area contributed by atoms with Crippen molar-refractivity contribution < 1.29 is 9.53 Å². The van der Waals surface area contributed by atoms with Gasteiger partial charge in [0.2, 0.25) is 5.91 Å². The molecule has 1 aromatic rings. The number of carbonyl (C=O) groups is 1. The summed E-state index contributed by atoms with van der Waals surface area (Å²) in [6.45, 7) is 10.00. The van der Waals surface area contributed by atoms with E-state index in [1.807, 2.05) is 58.9 Å². The number of nitrogens with one attached hydrogen (secondary N) is 1. The van der Waals surface area contributed by atoms with E-state index < -0.39 is 0 Å². The highest BCUT2D eigenvalue weighted by molar-refractivity contribution is 9.10. The first-order chi connectivity index (χ1) is 9.31. The van der Waals surface area contributed by atoms with Gasteiger partial charge in [-0.1, -0.05) is 41.9 Å². The molecule has 3 nitrogen and oxygen atoms in total. The van der Waals surface area contributed by atoms with E-state index in [1.54, 1.807) is 0 Å². The number of hydrogen-bond donors (Lipinski definition) is 1. The third-order valence-corrected chi connectivity index (χ3v) is 4.40. The van der Waals surface area contributed by atoms with Crippen molar-refractivity contribution in [3.63, 3.8) is 0 Å². The SMILES string of the molecule is CC(C)Oc1cccc(C(C)NC(=O)C(Br)C(C)C)c1. The van der Waals surface area contributed by atoms with Crippen LogP contribution in [0.5, 0.6) is 5.75 Å². The maximum Gasteiger partial charge on any atom is 0.234 e. The van der Waals surface area contributed by atoms with E-state index in [1.165, 1.54) is 0 Å². The van der Waals surface area contributed by atoms with E-state index in [-0.39, 0.29) is 28.8 Å². The molecule has 0 radical (unpaired) electrons. The third kappa shape index (κ3) is 5.16. The number of carbonyl (C=O) groups excluding carboxylic acids is 1. The molecule has 112 valence electrons. The maximum absolute atomic E-state index is 12.0. The second kappa shape index (κ2) is 7.67. The average Bonchev–Trinajstić information content (AvgIpc) is 2.37. The summed E-state index contributed by atoms with van der Waals surface area (Å²) < 4.78 is 5.67. The molecule has 0 heterocycles. The topological polar surface area (TPSA) is 38.3 Å². The zero-order valence-corrected chi connectivity index (χ0v) is 14.4. The first kappa shape index (κ1) is 17.0. The fourth-order valence-electron chi connectivity index (χ4n) is 1.81. The predicted octanol–water partition coefficient (Wildman–Crippen LogP) is 4.07. The van der Waals surface area contributed by atoms with Gasteiger partial charge in [0, 0.05) is 0 Å². The van der Waals surface area contributed by atoms with Crippen molar-refractivity contribution in [3.8, 4) is 5.75 Å². The van der Waals surface area contributed by atoms with Crippen LogP contribution in [0.3, 0.4) is 0 Å². The van der Waals surface area contributed by atoms with Gasteiger partial charge in [-0.3, -0.25) is 4.79 Å². The van der Waals surface area contributed by atoms with E-state index in [0.717, 1.165) is 11.3 Å². The highest BCUT2D eigenvalue weighted by atomic mass is 79.9. The Morgan fingerprint density at radius 1 is 1.20 bits per heavy atom. The Labute approximate surface area is 130 Å². The van der Waals surface area contributed by atoms with Gasteiger partial charge in [-0.2, -0.15) is 0 Å². The average molecular weight is 342 g/mol. The summed E-state index contributed by atoms with van der Waals surface area (Å²) in [5, 5.41) is 3.02. The molecule has 0 aliphatic carbocycles. The Balaban J connectivity index is 2.72. The number of amides is 1. The molecule has 0 spiro atoms. The highest BCUT2D eigenvalue weighted by Gasteiger charge is 2.20. The molecule has 0 aliphatic rings. The lowest BCUT2D eigenvalue weighted by Gasteiger charge is -2.20. The number of benzene rings is 1. The number of ether oxygens (including phenoxy) is 1. The Kier molecular flexibility index (Phi) is 6.53. The summed E-state index contributed by atoms with van der Waals surface area (Å²) in [5.74, 6) is 1.11. The standard InChI is InChI=1S/C16H24BrNO2/c1-10(2)15(17)16(19)18-12(5)13-7-6-8-14(9-13)20-11(3)4/h6-12,15H,1-5H3,(H,18,19). The molecule has 20 heavy (non-hydrogen) atoms. The molecule has 1 rings (SSSR count). The monoisotopic (exact) mass is 341 g/mol. The molecular weight excluding hydrogens is 318 g/mol. The van der Waals surface area contributed by atoms with Crippen molar-refractivity contribution in [1.29, 1.82) is 0 Å². The zero-order chi connectivity index (χ0) is 15.3. The Bertz CT molecular complexity index is 446. The molecule has 2 atom stereocenters. The van der Waals surface area contributed by atoms with E-state index in [4.69, 9.17) is 4.74 Å². The van der Waals surface area contributed by atoms with Crippen LogP contribution in [0, 0.1) is 5.92 Å². The van der Waals surface area contributed by atoms with Crippen LogP contribution in [0.2, 0.25) is 0 Å². The van der Waals surface area contributed by atoms with Crippen LogP contribution < -0.4 is 10.1 Å². The molecule has 1 N–H and O–H groups in total. The van der Waals surface area contributed by atoms with Gasteiger partial charge in [0.1, 0.15) is 5.75 Å². The summed E-state index contributed by atoms with van der Waals surface area (Å²) in [4.78, 5) is 11.9. The summed E-state index contributed by atoms with van der Waals surface area (Å²) in [7, 11) is 0. The molecule has 0 bridgehead atoms. The molecule has 0 fully saturated rings. The molecule has 0 aromatic heterocycles. The van der Waals surface area contributed by atoms with Crippen LogP contribution in [-0.4, -0.2) is 16.8 Å². The van der Waals surface area contributed by atoms with Crippen molar-refractivity contribution in [1.82, 2.24) is 5.32 Å². The second-order valence-corrected chi connectivity index (χ2v) is 6.60. The van der Waals surface area contributed by atoms with Crippen LogP contribution in [0.4, 0.5) is 0 Å². The molecule has 0 saturated carbocycles. The normalized spacial score (nSPS) is 14.2. The summed E-state index contributed by atoms with van der Waals surface area (Å²) in [5.41, 5.74) is 1.04. The minimum Gasteiger partial charge on any atom is -0.491 e. The van der Waals surface area contributed by atoms with Crippen LogP contribution in [0.25, 0.3) is 0 Å². The zero-order valence-electron chi connectivity index (χ0n) is 12.8. The molecule has 4 heteroatoms. The minimum atomic E-state index is -0.167. The van der Waals surface area contributed by atoms with Gasteiger partial charge in [-0.25, -0.2) is 0 Å². The third-order valence-electron chi connectivity index (χ3n) is 2.92. The maximum atomic E-state index is 12.0. The quantitative estimate of drug-likeness (QED) is 0.792. The fraction of sp³-hybridized carbons (Fsp3) is 0.562. The van der Waals surface area contributed by atoms with E-state index >= 15 is 0 Å². The van der Waals surface area contributed by atoms with E-state index in [9.17, 15) is 4.79 Å². The molecule has 0 aliphatic heterocycles. The van der Waals surface area contributed by atoms with Crippen LogP contribution >= 0.6 is 15.9 Å². The lowest BCUT2D eigenvalue weighted by atomic mass is 10.1. The van der Waals surface area contributed by atoms with Crippen molar-refractivity contribution in [2.75, 3.05) is 0 Å². The number of rotatable bonds is 6. The Hall–Kier alpha value is -1.03. The van der Waals surface area contributed by atoms with E-state index in [2.05, 4.69) is 21.2 Å². The van der Waals surface area contributed by atoms with Crippen LogP contribution in [0.1, 0.15) is 46.2 Å². The van der Waals surface area contributed by atoms with Crippen LogP contribution in [-0.2, 0) is 4.79 Å². The molecule has 1 aromatic carbocycles. The Morgan fingerprint density at radius 2 is 1.85 bits per heavy atom. The van der Waals surface area contributed by atoms with Crippen molar-refractivity contribution in [2.45, 2.75) is 51.6 Å². The van der Waals surface area contributed by atoms with Crippen LogP contribution in [0.15, 0.2) is 24.3 Å². The first-order valence-corrected chi connectivity index (χ1v) is 7.94. The number of hydrogen-bond acceptors (Lipinski definition) is 2. The largest absolute Gasteiger partial charge is 0.491 e. The second-order valence-electron chi connectivity index (χ2n) is 5.62. The van der Waals surface area contributed by atoms with Gasteiger partial charge < -0.3 is 10.1 Å². The van der Waals surface area contributed by atoms with Crippen molar-refractivity contribution in [3.05, 3.63) is 29.8 Å². The minimum absolute atomic E-state index is 0.0164. The van der Waals surface area contributed by atoms with Gasteiger partial charge >= 0.3 is 0 Å². The summed E-state index contributed by atoms with van der Waals surface area (Å²) >= 11 is 3.42. The number of halogens is 1. The molecular formula is C16H24BrNO2. The van der Waals surface area contributed by atoms with E-state index in [0.29, 0.717) is 0 Å². The van der Waals surface area contributed by atoms with Gasteiger partial charge in [-0.05, 0) is 44.4 Å². The molecule has 0 saturated heterocycles. The smallest absolute Gasteiger partial charge is 0.234 e. The fourth-order valence-corrected chi connectivity index (χ4v) is 1.94. The van der Waals surface area contributed by atoms with Gasteiger partial charge in [0.15, 0.2) is 0 Å². The van der Waals surface area contributed by atoms with Gasteiger partial charge in [0.25, 0.3) is 0 Å². The van der Waals surface area contributed by atoms with Crippen molar-refractivity contribution in [2.24, 2.45) is 5.92 Å². The molecule has 2 unspecified atom stereocenters. The Morgan fingerprint density at radius 3 is 2.40 bits per heavy atom. The van der Waals surface area contributed by atoms with Gasteiger partial charge in [0.05, 0.1) is 17.0 Å². The highest BCUT2D eigenvalue weighted by Crippen LogP contribution is 2.21. The summed E-state index contributed by atoms with van der Waals surface area (Å²) in [6, 6.07) is 7.81.